The van der Waals surface area contributed by atoms with E-state index in [-0.39, 0.29) is 11.7 Å². The van der Waals surface area contributed by atoms with E-state index in [9.17, 15) is 4.79 Å². The lowest BCUT2D eigenvalue weighted by molar-refractivity contribution is -0.119. The molecule has 19 heavy (non-hydrogen) atoms. The molecule has 0 aliphatic heterocycles. The lowest BCUT2D eigenvalue weighted by Crippen LogP contribution is -2.14. The molecule has 2 aromatic carbocycles. The second-order valence-electron chi connectivity index (χ2n) is 4.61. The maximum absolute atomic E-state index is 12.4. The molecule has 0 N–H and O–H groups in total. The van der Waals surface area contributed by atoms with Gasteiger partial charge in [-0.25, -0.2) is 0 Å². The molecular weight excluding hydrogens is 256 g/mol. The molecule has 1 nitrogen and oxygen atoms in total. The number of rotatable bonds is 5. The van der Waals surface area contributed by atoms with Crippen LogP contribution in [-0.2, 0) is 11.2 Å². The molecule has 0 aliphatic rings. The van der Waals surface area contributed by atoms with Crippen LogP contribution >= 0.6 is 11.6 Å². The Morgan fingerprint density at radius 1 is 1.05 bits per heavy atom. The van der Waals surface area contributed by atoms with E-state index in [4.69, 9.17) is 11.6 Å². The highest BCUT2D eigenvalue weighted by Gasteiger charge is 2.20. The van der Waals surface area contributed by atoms with Crippen LogP contribution in [0.5, 0.6) is 0 Å². The third kappa shape index (κ3) is 3.45. The van der Waals surface area contributed by atoms with Crippen molar-refractivity contribution in [3.8, 4) is 0 Å². The van der Waals surface area contributed by atoms with E-state index in [0.717, 1.165) is 17.5 Å². The molecule has 0 radical (unpaired) electrons. The number of benzene rings is 2. The number of carbonyl (C=O) groups is 1. The van der Waals surface area contributed by atoms with Gasteiger partial charge in [-0.3, -0.25) is 4.79 Å². The maximum Gasteiger partial charge on any atom is 0.144 e. The Morgan fingerprint density at radius 3 is 2.32 bits per heavy atom. The molecule has 0 saturated heterocycles. The second kappa shape index (κ2) is 6.53. The van der Waals surface area contributed by atoms with E-state index >= 15 is 0 Å². The van der Waals surface area contributed by atoms with Crippen molar-refractivity contribution in [2.45, 2.75) is 25.7 Å². The first kappa shape index (κ1) is 13.8. The Bertz CT molecular complexity index is 548. The van der Waals surface area contributed by atoms with Crippen molar-refractivity contribution in [2.75, 3.05) is 0 Å². The van der Waals surface area contributed by atoms with Crippen LogP contribution in [-0.4, -0.2) is 5.78 Å². The van der Waals surface area contributed by atoms with E-state index in [0.29, 0.717) is 11.4 Å². The normalized spacial score (nSPS) is 12.1. The first-order chi connectivity index (χ1) is 9.22. The van der Waals surface area contributed by atoms with Gasteiger partial charge in [-0.05, 0) is 23.6 Å². The SMILES string of the molecule is CCC(C(=O)Cc1ccccc1)c1ccccc1Cl. The number of halogens is 1. The largest absolute Gasteiger partial charge is 0.299 e. The van der Waals surface area contributed by atoms with Crippen molar-refractivity contribution in [3.05, 3.63) is 70.7 Å². The lowest BCUT2D eigenvalue weighted by Gasteiger charge is -2.15. The predicted octanol–water partition coefficient (Wildman–Crippen LogP) is 4.65. The molecule has 2 heteroatoms. The van der Waals surface area contributed by atoms with Crippen LogP contribution < -0.4 is 0 Å². The third-order valence-corrected chi connectivity index (χ3v) is 3.64. The Hall–Kier alpha value is -1.60. The zero-order chi connectivity index (χ0) is 13.7. The minimum atomic E-state index is -0.117. The lowest BCUT2D eigenvalue weighted by atomic mass is 9.89. The van der Waals surface area contributed by atoms with Crippen LogP contribution in [0.4, 0.5) is 0 Å². The van der Waals surface area contributed by atoms with Gasteiger partial charge in [0.25, 0.3) is 0 Å². The summed E-state index contributed by atoms with van der Waals surface area (Å²) in [7, 11) is 0. The molecule has 1 unspecified atom stereocenters. The number of hydrogen-bond donors (Lipinski definition) is 0. The average molecular weight is 273 g/mol. The van der Waals surface area contributed by atoms with Gasteiger partial charge in [0.15, 0.2) is 0 Å². The van der Waals surface area contributed by atoms with Crippen molar-refractivity contribution in [1.82, 2.24) is 0 Å². The van der Waals surface area contributed by atoms with Crippen molar-refractivity contribution in [3.63, 3.8) is 0 Å². The summed E-state index contributed by atoms with van der Waals surface area (Å²) in [4.78, 5) is 12.4. The molecule has 2 aromatic rings. The molecule has 1 atom stereocenters. The quantitative estimate of drug-likeness (QED) is 0.775. The number of carbonyl (C=O) groups excluding carboxylic acids is 1. The van der Waals surface area contributed by atoms with Crippen LogP contribution in [0.25, 0.3) is 0 Å². The van der Waals surface area contributed by atoms with Gasteiger partial charge in [0.2, 0.25) is 0 Å². The predicted molar refractivity (Wildman–Crippen MR) is 79.6 cm³/mol. The fourth-order valence-electron chi connectivity index (χ4n) is 2.30. The van der Waals surface area contributed by atoms with Gasteiger partial charge in [0, 0.05) is 17.4 Å². The molecule has 0 spiro atoms. The number of hydrogen-bond acceptors (Lipinski definition) is 1. The Morgan fingerprint density at radius 2 is 1.68 bits per heavy atom. The fourth-order valence-corrected chi connectivity index (χ4v) is 2.57. The third-order valence-electron chi connectivity index (χ3n) is 3.30. The molecule has 98 valence electrons. The Labute approximate surface area is 119 Å². The fraction of sp³-hybridized carbons (Fsp3) is 0.235. The van der Waals surface area contributed by atoms with Crippen LogP contribution in [0.3, 0.4) is 0 Å². The van der Waals surface area contributed by atoms with Crippen LogP contribution in [0.1, 0.15) is 30.4 Å². The molecule has 0 bridgehead atoms. The van der Waals surface area contributed by atoms with Crippen LogP contribution in [0, 0.1) is 0 Å². The van der Waals surface area contributed by atoms with Crippen molar-refractivity contribution >= 4 is 17.4 Å². The molecule has 0 amide bonds. The van der Waals surface area contributed by atoms with E-state index < -0.39 is 0 Å². The zero-order valence-corrected chi connectivity index (χ0v) is 11.7. The first-order valence-corrected chi connectivity index (χ1v) is 6.91. The molecule has 0 aromatic heterocycles. The van der Waals surface area contributed by atoms with Gasteiger partial charge in [0.05, 0.1) is 0 Å². The summed E-state index contributed by atoms with van der Waals surface area (Å²) in [6.45, 7) is 2.02. The maximum atomic E-state index is 12.4. The molecule has 0 fully saturated rings. The summed E-state index contributed by atoms with van der Waals surface area (Å²) in [5, 5.41) is 0.677. The van der Waals surface area contributed by atoms with Crippen molar-refractivity contribution in [2.24, 2.45) is 0 Å². The Kier molecular flexibility index (Phi) is 4.75. The highest BCUT2D eigenvalue weighted by atomic mass is 35.5. The van der Waals surface area contributed by atoms with E-state index in [1.165, 1.54) is 0 Å². The number of Topliss-reactive ketones (excluding diaryl/α,β-unsaturated/α-hetero) is 1. The van der Waals surface area contributed by atoms with Gasteiger partial charge in [0.1, 0.15) is 5.78 Å². The molecule has 0 saturated carbocycles. The monoisotopic (exact) mass is 272 g/mol. The topological polar surface area (TPSA) is 17.1 Å². The zero-order valence-electron chi connectivity index (χ0n) is 11.0. The van der Waals surface area contributed by atoms with Crippen molar-refractivity contribution in [1.29, 1.82) is 0 Å². The summed E-state index contributed by atoms with van der Waals surface area (Å²) in [6.07, 6.45) is 1.24. The first-order valence-electron chi connectivity index (χ1n) is 6.53. The van der Waals surface area contributed by atoms with Crippen LogP contribution in [0.2, 0.25) is 5.02 Å². The van der Waals surface area contributed by atoms with E-state index in [1.807, 2.05) is 61.5 Å². The smallest absolute Gasteiger partial charge is 0.144 e. The second-order valence-corrected chi connectivity index (χ2v) is 5.02. The minimum absolute atomic E-state index is 0.117. The summed E-state index contributed by atoms with van der Waals surface area (Å²) in [5.74, 6) is 0.107. The Balaban J connectivity index is 2.19. The van der Waals surface area contributed by atoms with Gasteiger partial charge in [-0.1, -0.05) is 67.1 Å². The van der Waals surface area contributed by atoms with Gasteiger partial charge >= 0.3 is 0 Å². The standard InChI is InChI=1S/C17H17ClO/c1-2-14(15-10-6-7-11-16(15)18)17(19)12-13-8-4-3-5-9-13/h3-11,14H,2,12H2,1H3. The average Bonchev–Trinajstić information content (AvgIpc) is 2.43. The highest BCUT2D eigenvalue weighted by Crippen LogP contribution is 2.28. The van der Waals surface area contributed by atoms with Crippen LogP contribution in [0.15, 0.2) is 54.6 Å². The highest BCUT2D eigenvalue weighted by molar-refractivity contribution is 6.31. The summed E-state index contributed by atoms with van der Waals surface area (Å²) >= 11 is 6.19. The molecular formula is C17H17ClO. The van der Waals surface area contributed by atoms with Gasteiger partial charge in [-0.15, -0.1) is 0 Å². The van der Waals surface area contributed by atoms with Gasteiger partial charge in [-0.2, -0.15) is 0 Å². The summed E-state index contributed by atoms with van der Waals surface area (Å²) in [6, 6.07) is 17.4. The minimum Gasteiger partial charge on any atom is -0.299 e. The number of ketones is 1. The van der Waals surface area contributed by atoms with E-state index in [1.54, 1.807) is 0 Å². The van der Waals surface area contributed by atoms with Crippen molar-refractivity contribution < 1.29 is 4.79 Å². The molecule has 2 rings (SSSR count). The summed E-state index contributed by atoms with van der Waals surface area (Å²) in [5.41, 5.74) is 1.99. The van der Waals surface area contributed by atoms with Gasteiger partial charge < -0.3 is 0 Å². The van der Waals surface area contributed by atoms with E-state index in [2.05, 4.69) is 0 Å². The molecule has 0 heterocycles. The summed E-state index contributed by atoms with van der Waals surface area (Å²) < 4.78 is 0. The molecule has 0 aliphatic carbocycles.